The minimum Gasteiger partial charge on any atom is -0.478 e. The fraction of sp³-hybridized carbons (Fsp3) is 0.130. The molecule has 1 nitrogen and oxygen atoms in total. The van der Waals surface area contributed by atoms with Crippen LogP contribution in [0.2, 0.25) is 0 Å². The Balaban J connectivity index is 1.96. The Morgan fingerprint density at radius 2 is 1.42 bits per heavy atom. The van der Waals surface area contributed by atoms with Gasteiger partial charge in [0.05, 0.1) is 0 Å². The van der Waals surface area contributed by atoms with Gasteiger partial charge in [-0.05, 0) is 42.2 Å². The zero-order valence-corrected chi connectivity index (χ0v) is 14.0. The Morgan fingerprint density at radius 3 is 2.12 bits per heavy atom. The molecule has 1 aliphatic rings. The van der Waals surface area contributed by atoms with Gasteiger partial charge in [-0.15, -0.1) is 0 Å². The molecule has 0 N–H and O–H groups in total. The van der Waals surface area contributed by atoms with Crippen molar-refractivity contribution in [1.29, 1.82) is 0 Å². The van der Waals surface area contributed by atoms with Crippen LogP contribution in [0.25, 0.3) is 5.57 Å². The summed E-state index contributed by atoms with van der Waals surface area (Å²) in [5, 5.41) is 0. The summed E-state index contributed by atoms with van der Waals surface area (Å²) in [6, 6.07) is 27.3. The summed E-state index contributed by atoms with van der Waals surface area (Å²) in [5.74, 6) is 0.977. The zero-order chi connectivity index (χ0) is 16.6. The average Bonchev–Trinajstić information content (AvgIpc) is 2.63. The Morgan fingerprint density at radius 1 is 0.750 bits per heavy atom. The molecule has 0 spiro atoms. The maximum absolute atomic E-state index is 6.51. The van der Waals surface area contributed by atoms with Crippen molar-refractivity contribution in [3.05, 3.63) is 107 Å². The Kier molecular flexibility index (Phi) is 3.50. The molecule has 1 heteroatoms. The molecule has 0 saturated carbocycles. The fourth-order valence-electron chi connectivity index (χ4n) is 3.36. The summed E-state index contributed by atoms with van der Waals surface area (Å²) in [6.07, 6.45) is 2.25. The molecular formula is C23H20O. The maximum Gasteiger partial charge on any atom is 0.150 e. The lowest BCUT2D eigenvalue weighted by atomic mass is 9.85. The topological polar surface area (TPSA) is 9.23 Å². The van der Waals surface area contributed by atoms with E-state index in [0.717, 1.165) is 22.4 Å². The van der Waals surface area contributed by atoms with E-state index in [-0.39, 0.29) is 0 Å². The largest absolute Gasteiger partial charge is 0.478 e. The summed E-state index contributed by atoms with van der Waals surface area (Å²) in [7, 11) is 0. The molecule has 0 aromatic heterocycles. The number of hydrogen-bond acceptors (Lipinski definition) is 1. The van der Waals surface area contributed by atoms with Gasteiger partial charge in [0, 0.05) is 5.56 Å². The molecule has 118 valence electrons. The van der Waals surface area contributed by atoms with Gasteiger partial charge in [0.25, 0.3) is 0 Å². The molecule has 1 unspecified atom stereocenters. The van der Waals surface area contributed by atoms with Crippen molar-refractivity contribution in [2.24, 2.45) is 0 Å². The van der Waals surface area contributed by atoms with Crippen LogP contribution in [-0.2, 0) is 5.60 Å². The van der Waals surface area contributed by atoms with Crippen molar-refractivity contribution < 1.29 is 4.74 Å². The van der Waals surface area contributed by atoms with E-state index in [9.17, 15) is 0 Å². The number of ether oxygens (including phenoxy) is 1. The van der Waals surface area contributed by atoms with Gasteiger partial charge in [-0.1, -0.05) is 78.9 Å². The molecule has 1 aliphatic heterocycles. The summed E-state index contributed by atoms with van der Waals surface area (Å²) in [5.41, 5.74) is 5.45. The number of hydrogen-bond donors (Lipinski definition) is 0. The highest BCUT2D eigenvalue weighted by Crippen LogP contribution is 2.44. The first-order valence-corrected chi connectivity index (χ1v) is 8.30. The highest BCUT2D eigenvalue weighted by molar-refractivity contribution is 5.85. The summed E-state index contributed by atoms with van der Waals surface area (Å²) in [6.45, 7) is 4.25. The van der Waals surface area contributed by atoms with Crippen LogP contribution in [0.4, 0.5) is 0 Å². The van der Waals surface area contributed by atoms with Crippen LogP contribution >= 0.6 is 0 Å². The first-order chi connectivity index (χ1) is 11.7. The maximum atomic E-state index is 6.51. The van der Waals surface area contributed by atoms with Crippen molar-refractivity contribution >= 4 is 5.57 Å². The van der Waals surface area contributed by atoms with E-state index in [4.69, 9.17) is 4.74 Å². The predicted molar refractivity (Wildman–Crippen MR) is 99.1 cm³/mol. The molecule has 0 amide bonds. The van der Waals surface area contributed by atoms with Gasteiger partial charge in [0.2, 0.25) is 0 Å². The van der Waals surface area contributed by atoms with Crippen LogP contribution in [0.5, 0.6) is 5.75 Å². The minimum absolute atomic E-state index is 0.481. The van der Waals surface area contributed by atoms with Crippen molar-refractivity contribution in [3.8, 4) is 5.75 Å². The standard InChI is InChI=1S/C23H20O/c1-17-10-9-15-20-21(18-11-5-3-6-12-18)16-23(2,24-22(17)20)19-13-7-4-8-14-19/h3-16H,1-2H3. The molecule has 3 aromatic carbocycles. The van der Waals surface area contributed by atoms with Gasteiger partial charge in [-0.25, -0.2) is 0 Å². The number of rotatable bonds is 2. The normalized spacial score (nSPS) is 19.2. The van der Waals surface area contributed by atoms with Crippen LogP contribution in [0.15, 0.2) is 84.9 Å². The van der Waals surface area contributed by atoms with E-state index in [0.29, 0.717) is 0 Å². The van der Waals surface area contributed by atoms with E-state index >= 15 is 0 Å². The third kappa shape index (κ3) is 2.43. The average molecular weight is 312 g/mol. The lowest BCUT2D eigenvalue weighted by molar-refractivity contribution is 0.136. The third-order valence-corrected chi connectivity index (χ3v) is 4.67. The van der Waals surface area contributed by atoms with Crippen LogP contribution in [0, 0.1) is 6.92 Å². The monoisotopic (exact) mass is 312 g/mol. The second kappa shape index (κ2) is 5.68. The van der Waals surface area contributed by atoms with E-state index in [1.807, 2.05) is 6.07 Å². The van der Waals surface area contributed by atoms with Crippen molar-refractivity contribution in [1.82, 2.24) is 0 Å². The quantitative estimate of drug-likeness (QED) is 0.587. The molecule has 0 aliphatic carbocycles. The number of benzene rings is 3. The summed E-state index contributed by atoms with van der Waals surface area (Å²) >= 11 is 0. The minimum atomic E-state index is -0.481. The molecule has 4 rings (SSSR count). The van der Waals surface area contributed by atoms with E-state index < -0.39 is 5.60 Å². The zero-order valence-electron chi connectivity index (χ0n) is 14.0. The SMILES string of the molecule is Cc1cccc2c1OC(C)(c1ccccc1)C=C2c1ccccc1. The van der Waals surface area contributed by atoms with Gasteiger partial charge in [0.15, 0.2) is 5.60 Å². The third-order valence-electron chi connectivity index (χ3n) is 4.67. The van der Waals surface area contributed by atoms with Crippen LogP contribution in [0.1, 0.15) is 29.2 Å². The molecule has 0 saturated heterocycles. The first kappa shape index (κ1) is 14.8. The van der Waals surface area contributed by atoms with Crippen molar-refractivity contribution in [3.63, 3.8) is 0 Å². The second-order valence-electron chi connectivity index (χ2n) is 6.45. The van der Waals surface area contributed by atoms with Gasteiger partial charge < -0.3 is 4.74 Å². The molecule has 1 heterocycles. The second-order valence-corrected chi connectivity index (χ2v) is 6.45. The fourth-order valence-corrected chi connectivity index (χ4v) is 3.36. The van der Waals surface area contributed by atoms with Gasteiger partial charge in [-0.3, -0.25) is 0 Å². The molecule has 0 fully saturated rings. The van der Waals surface area contributed by atoms with E-state index in [2.05, 4.69) is 92.7 Å². The summed E-state index contributed by atoms with van der Waals surface area (Å²) in [4.78, 5) is 0. The highest BCUT2D eigenvalue weighted by Gasteiger charge is 2.33. The molecule has 0 radical (unpaired) electrons. The number of para-hydroxylation sites is 1. The van der Waals surface area contributed by atoms with Crippen LogP contribution in [-0.4, -0.2) is 0 Å². The molecule has 24 heavy (non-hydrogen) atoms. The molecular weight excluding hydrogens is 292 g/mol. The summed E-state index contributed by atoms with van der Waals surface area (Å²) < 4.78 is 6.51. The van der Waals surface area contributed by atoms with Gasteiger partial charge >= 0.3 is 0 Å². The van der Waals surface area contributed by atoms with Crippen molar-refractivity contribution in [2.45, 2.75) is 19.4 Å². The molecule has 3 aromatic rings. The van der Waals surface area contributed by atoms with Crippen LogP contribution < -0.4 is 4.74 Å². The first-order valence-electron chi connectivity index (χ1n) is 8.30. The molecule has 0 bridgehead atoms. The predicted octanol–water partition coefficient (Wildman–Crippen LogP) is 5.73. The highest BCUT2D eigenvalue weighted by atomic mass is 16.5. The Hall–Kier alpha value is -2.80. The van der Waals surface area contributed by atoms with E-state index in [1.54, 1.807) is 0 Å². The number of aryl methyl sites for hydroxylation is 1. The Bertz CT molecular complexity index is 894. The lowest BCUT2D eigenvalue weighted by Gasteiger charge is -2.35. The lowest BCUT2D eigenvalue weighted by Crippen LogP contribution is -2.30. The van der Waals surface area contributed by atoms with Gasteiger partial charge in [-0.2, -0.15) is 0 Å². The Labute approximate surface area is 143 Å². The van der Waals surface area contributed by atoms with E-state index in [1.165, 1.54) is 11.1 Å². The smallest absolute Gasteiger partial charge is 0.150 e. The van der Waals surface area contributed by atoms with Crippen molar-refractivity contribution in [2.75, 3.05) is 0 Å². The van der Waals surface area contributed by atoms with Gasteiger partial charge in [0.1, 0.15) is 5.75 Å². The molecule has 1 atom stereocenters. The van der Waals surface area contributed by atoms with Crippen LogP contribution in [0.3, 0.4) is 0 Å². The number of fused-ring (bicyclic) bond motifs is 1.